The molecule has 6 nitrogen and oxygen atoms in total. The van der Waals surface area contributed by atoms with Gasteiger partial charge < -0.3 is 19.1 Å². The van der Waals surface area contributed by atoms with Crippen LogP contribution >= 0.6 is 0 Å². The molecule has 0 unspecified atom stereocenters. The standard InChI is InChI=1S/C10H8N2O4/c13-4-9-11-10(16-12-9)6-1-2-7-8(3-6)15-5-14-7/h1-3,13H,4-5H2. The van der Waals surface area contributed by atoms with Crippen molar-refractivity contribution in [1.29, 1.82) is 0 Å². The molecule has 0 saturated carbocycles. The second-order valence-electron chi connectivity index (χ2n) is 3.24. The van der Waals surface area contributed by atoms with Crippen molar-refractivity contribution in [3.8, 4) is 23.0 Å². The van der Waals surface area contributed by atoms with Crippen LogP contribution in [0.1, 0.15) is 5.82 Å². The SMILES string of the molecule is OCc1noc(-c2ccc3c(c2)OCO3)n1. The van der Waals surface area contributed by atoms with E-state index in [-0.39, 0.29) is 19.2 Å². The normalized spacial score (nSPS) is 13.1. The molecule has 1 N–H and O–H groups in total. The number of aromatic nitrogens is 2. The molecule has 0 aliphatic carbocycles. The highest BCUT2D eigenvalue weighted by Gasteiger charge is 2.16. The van der Waals surface area contributed by atoms with Crippen molar-refractivity contribution < 1.29 is 19.1 Å². The average Bonchev–Trinajstić information content (AvgIpc) is 2.96. The first-order chi connectivity index (χ1) is 7.86. The van der Waals surface area contributed by atoms with Crippen LogP contribution in [-0.2, 0) is 6.61 Å². The van der Waals surface area contributed by atoms with E-state index in [2.05, 4.69) is 10.1 Å². The highest BCUT2D eigenvalue weighted by molar-refractivity contribution is 5.60. The number of hydrogen-bond acceptors (Lipinski definition) is 6. The minimum Gasteiger partial charge on any atom is -0.454 e. The van der Waals surface area contributed by atoms with E-state index in [4.69, 9.17) is 19.1 Å². The third-order valence-corrected chi connectivity index (χ3v) is 2.23. The van der Waals surface area contributed by atoms with E-state index >= 15 is 0 Å². The second kappa shape index (κ2) is 3.49. The minimum atomic E-state index is -0.242. The van der Waals surface area contributed by atoms with Gasteiger partial charge in [0.2, 0.25) is 6.79 Å². The molecule has 0 saturated heterocycles. The third kappa shape index (κ3) is 1.40. The third-order valence-electron chi connectivity index (χ3n) is 2.23. The number of aliphatic hydroxyl groups excluding tert-OH is 1. The van der Waals surface area contributed by atoms with Crippen LogP contribution in [0.2, 0.25) is 0 Å². The lowest BCUT2D eigenvalue weighted by molar-refractivity contribution is 0.174. The van der Waals surface area contributed by atoms with Gasteiger partial charge in [-0.15, -0.1) is 0 Å². The molecule has 1 aliphatic heterocycles. The van der Waals surface area contributed by atoms with Crippen LogP contribution < -0.4 is 9.47 Å². The summed E-state index contributed by atoms with van der Waals surface area (Å²) in [5, 5.41) is 12.4. The van der Waals surface area contributed by atoms with Gasteiger partial charge in [0.05, 0.1) is 0 Å². The zero-order valence-corrected chi connectivity index (χ0v) is 8.21. The summed E-state index contributed by atoms with van der Waals surface area (Å²) in [6.45, 7) is -0.0153. The fourth-order valence-corrected chi connectivity index (χ4v) is 1.47. The lowest BCUT2D eigenvalue weighted by Gasteiger charge is -1.97. The zero-order chi connectivity index (χ0) is 11.0. The largest absolute Gasteiger partial charge is 0.454 e. The topological polar surface area (TPSA) is 77.6 Å². The molecule has 0 spiro atoms. The van der Waals surface area contributed by atoms with Gasteiger partial charge in [-0.2, -0.15) is 4.98 Å². The minimum absolute atomic E-state index is 0.227. The summed E-state index contributed by atoms with van der Waals surface area (Å²) in [7, 11) is 0. The molecule has 1 aromatic carbocycles. The lowest BCUT2D eigenvalue weighted by Crippen LogP contribution is -1.92. The molecule has 1 aliphatic rings. The van der Waals surface area contributed by atoms with Crippen molar-refractivity contribution in [2.24, 2.45) is 0 Å². The molecular formula is C10H8N2O4. The first-order valence-corrected chi connectivity index (χ1v) is 4.70. The Bertz CT molecular complexity index is 523. The van der Waals surface area contributed by atoms with E-state index < -0.39 is 0 Å². The van der Waals surface area contributed by atoms with Crippen molar-refractivity contribution in [2.75, 3.05) is 6.79 Å². The number of aliphatic hydroxyl groups is 1. The van der Waals surface area contributed by atoms with E-state index in [1.54, 1.807) is 18.2 Å². The van der Waals surface area contributed by atoms with Crippen molar-refractivity contribution in [2.45, 2.75) is 6.61 Å². The molecular weight excluding hydrogens is 212 g/mol. The fourth-order valence-electron chi connectivity index (χ4n) is 1.47. The van der Waals surface area contributed by atoms with Gasteiger partial charge in [-0.05, 0) is 18.2 Å². The number of ether oxygens (including phenoxy) is 2. The van der Waals surface area contributed by atoms with Gasteiger partial charge in [-0.3, -0.25) is 0 Å². The Balaban J connectivity index is 2.00. The number of benzene rings is 1. The second-order valence-corrected chi connectivity index (χ2v) is 3.24. The van der Waals surface area contributed by atoms with Crippen molar-refractivity contribution in [1.82, 2.24) is 10.1 Å². The summed E-state index contributed by atoms with van der Waals surface area (Å²) in [5.41, 5.74) is 0.733. The summed E-state index contributed by atoms with van der Waals surface area (Å²) in [4.78, 5) is 4.00. The predicted octanol–water partition coefficient (Wildman–Crippen LogP) is 0.958. The Morgan fingerprint density at radius 3 is 2.94 bits per heavy atom. The van der Waals surface area contributed by atoms with Gasteiger partial charge in [0.25, 0.3) is 5.89 Å². The zero-order valence-electron chi connectivity index (χ0n) is 8.21. The summed E-state index contributed by atoms with van der Waals surface area (Å²) in [5.74, 6) is 1.96. The van der Waals surface area contributed by atoms with Crippen LogP contribution in [0, 0.1) is 0 Å². The van der Waals surface area contributed by atoms with Crippen LogP contribution in [0.25, 0.3) is 11.5 Å². The van der Waals surface area contributed by atoms with E-state index in [9.17, 15) is 0 Å². The monoisotopic (exact) mass is 220 g/mol. The summed E-state index contributed by atoms with van der Waals surface area (Å²) >= 11 is 0. The molecule has 16 heavy (non-hydrogen) atoms. The van der Waals surface area contributed by atoms with Gasteiger partial charge in [0.15, 0.2) is 17.3 Å². The molecule has 0 fully saturated rings. The summed E-state index contributed by atoms with van der Waals surface area (Å²) < 4.78 is 15.4. The maximum atomic E-state index is 8.82. The van der Waals surface area contributed by atoms with Crippen molar-refractivity contribution in [3.05, 3.63) is 24.0 Å². The maximum absolute atomic E-state index is 8.82. The molecule has 1 aromatic heterocycles. The van der Waals surface area contributed by atoms with Crippen LogP contribution in [0.3, 0.4) is 0 Å². The number of rotatable bonds is 2. The maximum Gasteiger partial charge on any atom is 0.258 e. The van der Waals surface area contributed by atoms with Gasteiger partial charge in [0.1, 0.15) is 6.61 Å². The Kier molecular flexibility index (Phi) is 2.00. The van der Waals surface area contributed by atoms with Gasteiger partial charge in [0, 0.05) is 5.56 Å². The van der Waals surface area contributed by atoms with Gasteiger partial charge in [-0.1, -0.05) is 5.16 Å². The Hall–Kier alpha value is -2.08. The van der Waals surface area contributed by atoms with Crippen LogP contribution in [0.5, 0.6) is 11.5 Å². The molecule has 2 aromatic rings. The van der Waals surface area contributed by atoms with Crippen molar-refractivity contribution >= 4 is 0 Å². The molecule has 82 valence electrons. The van der Waals surface area contributed by atoms with E-state index in [1.165, 1.54) is 0 Å². The first-order valence-electron chi connectivity index (χ1n) is 4.70. The highest BCUT2D eigenvalue weighted by Crippen LogP contribution is 2.35. The molecule has 0 radical (unpaired) electrons. The lowest BCUT2D eigenvalue weighted by atomic mass is 10.2. The Morgan fingerprint density at radius 2 is 2.12 bits per heavy atom. The quantitative estimate of drug-likeness (QED) is 0.812. The van der Waals surface area contributed by atoms with Gasteiger partial charge in [-0.25, -0.2) is 0 Å². The van der Waals surface area contributed by atoms with Gasteiger partial charge >= 0.3 is 0 Å². The Labute approximate surface area is 90.4 Å². The van der Waals surface area contributed by atoms with E-state index in [0.29, 0.717) is 17.4 Å². The number of nitrogens with zero attached hydrogens (tertiary/aromatic N) is 2. The van der Waals surface area contributed by atoms with Crippen molar-refractivity contribution in [3.63, 3.8) is 0 Å². The first kappa shape index (κ1) is 9.17. The molecule has 6 heteroatoms. The average molecular weight is 220 g/mol. The fraction of sp³-hybridized carbons (Fsp3) is 0.200. The molecule has 3 rings (SSSR count). The summed E-state index contributed by atoms with van der Waals surface area (Å²) in [6.07, 6.45) is 0. The van der Waals surface area contributed by atoms with Crippen LogP contribution in [-0.4, -0.2) is 22.0 Å². The highest BCUT2D eigenvalue weighted by atomic mass is 16.7. The number of fused-ring (bicyclic) bond motifs is 1. The molecule has 0 atom stereocenters. The van der Waals surface area contributed by atoms with E-state index in [1.807, 2.05) is 0 Å². The van der Waals surface area contributed by atoms with Crippen LogP contribution in [0.15, 0.2) is 22.7 Å². The smallest absolute Gasteiger partial charge is 0.258 e. The van der Waals surface area contributed by atoms with Crippen LogP contribution in [0.4, 0.5) is 0 Å². The molecule has 0 amide bonds. The van der Waals surface area contributed by atoms with E-state index in [0.717, 1.165) is 5.56 Å². The predicted molar refractivity (Wildman–Crippen MR) is 51.8 cm³/mol. The summed E-state index contributed by atoms with van der Waals surface area (Å²) in [6, 6.07) is 5.33. The number of hydrogen-bond donors (Lipinski definition) is 1. The molecule has 2 heterocycles. The Morgan fingerprint density at radius 1 is 1.25 bits per heavy atom. The molecule has 0 bridgehead atoms.